The van der Waals surface area contributed by atoms with Crippen LogP contribution in [0.15, 0.2) is 0 Å². The van der Waals surface area contributed by atoms with Crippen LogP contribution in [-0.4, -0.2) is 22.9 Å². The zero-order valence-corrected chi connectivity index (χ0v) is 11.0. The first-order valence-corrected chi connectivity index (χ1v) is 6.83. The highest BCUT2D eigenvalue weighted by molar-refractivity contribution is 4.81. The summed E-state index contributed by atoms with van der Waals surface area (Å²) < 4.78 is 0. The first kappa shape index (κ1) is 14.0. The van der Waals surface area contributed by atoms with Crippen LogP contribution >= 0.6 is 0 Å². The van der Waals surface area contributed by atoms with Gasteiger partial charge in [-0.3, -0.25) is 0 Å². The molecule has 0 heterocycles. The molecule has 2 N–H and O–H groups in total. The molecular weight excluding hydrogens is 200 g/mol. The summed E-state index contributed by atoms with van der Waals surface area (Å²) in [5.41, 5.74) is 0. The molecule has 0 aromatic carbocycles. The van der Waals surface area contributed by atoms with E-state index in [4.69, 9.17) is 5.11 Å². The lowest BCUT2D eigenvalue weighted by molar-refractivity contribution is 0.0658. The quantitative estimate of drug-likeness (QED) is 0.759. The van der Waals surface area contributed by atoms with Gasteiger partial charge in [0.25, 0.3) is 0 Å². The molecule has 2 heteroatoms. The van der Waals surface area contributed by atoms with Gasteiger partial charge in [-0.2, -0.15) is 0 Å². The van der Waals surface area contributed by atoms with Crippen LogP contribution < -0.4 is 0 Å². The molecule has 1 aliphatic carbocycles. The van der Waals surface area contributed by atoms with Gasteiger partial charge in [0.2, 0.25) is 0 Å². The fourth-order valence-electron chi connectivity index (χ4n) is 3.23. The van der Waals surface area contributed by atoms with Crippen LogP contribution in [0.25, 0.3) is 0 Å². The summed E-state index contributed by atoms with van der Waals surface area (Å²) in [5.74, 6) is 3.17. The maximum Gasteiger partial charge on any atom is 0.0771 e. The van der Waals surface area contributed by atoms with Crippen molar-refractivity contribution in [3.63, 3.8) is 0 Å². The second kappa shape index (κ2) is 6.61. The van der Waals surface area contributed by atoms with E-state index in [2.05, 4.69) is 20.8 Å². The lowest BCUT2D eigenvalue weighted by atomic mass is 9.68. The van der Waals surface area contributed by atoms with Gasteiger partial charge in [-0.05, 0) is 49.4 Å². The summed E-state index contributed by atoms with van der Waals surface area (Å²) in [6.07, 6.45) is 5.35. The predicted octanol–water partition coefficient (Wildman–Crippen LogP) is 2.83. The Kier molecular flexibility index (Phi) is 5.77. The van der Waals surface area contributed by atoms with Crippen LogP contribution in [0, 0.1) is 23.7 Å². The Morgan fingerprint density at radius 1 is 1.25 bits per heavy atom. The standard InChI is InChI=1S/C14H28O2/c1-10(2)14-7-4-11(3)8-12(14)5-6-13(16)9-15/h10-16H,4-9H2,1-3H3/t11-,12-,13?,14?/m1/s1. The van der Waals surface area contributed by atoms with Crippen molar-refractivity contribution in [2.45, 2.75) is 59.0 Å². The summed E-state index contributed by atoms with van der Waals surface area (Å²) in [6, 6.07) is 0. The maximum atomic E-state index is 9.43. The minimum Gasteiger partial charge on any atom is -0.394 e. The van der Waals surface area contributed by atoms with Crippen LogP contribution in [-0.2, 0) is 0 Å². The number of hydrogen-bond donors (Lipinski definition) is 2. The van der Waals surface area contributed by atoms with Crippen molar-refractivity contribution < 1.29 is 10.2 Å². The summed E-state index contributed by atoms with van der Waals surface area (Å²) in [4.78, 5) is 0. The summed E-state index contributed by atoms with van der Waals surface area (Å²) >= 11 is 0. The van der Waals surface area contributed by atoms with Crippen LogP contribution in [0.1, 0.15) is 52.9 Å². The van der Waals surface area contributed by atoms with Crippen LogP contribution in [0.2, 0.25) is 0 Å². The third-order valence-corrected chi connectivity index (χ3v) is 4.24. The van der Waals surface area contributed by atoms with Crippen molar-refractivity contribution in [3.8, 4) is 0 Å². The normalized spacial score (nSPS) is 33.0. The number of hydrogen-bond acceptors (Lipinski definition) is 2. The summed E-state index contributed by atoms with van der Waals surface area (Å²) in [6.45, 7) is 6.88. The molecule has 1 aliphatic rings. The van der Waals surface area contributed by atoms with Crippen molar-refractivity contribution in [1.82, 2.24) is 0 Å². The molecule has 16 heavy (non-hydrogen) atoms. The molecule has 0 spiro atoms. The zero-order chi connectivity index (χ0) is 12.1. The molecule has 1 fully saturated rings. The minimum atomic E-state index is -0.509. The molecule has 0 amide bonds. The van der Waals surface area contributed by atoms with Crippen molar-refractivity contribution in [1.29, 1.82) is 0 Å². The molecule has 2 unspecified atom stereocenters. The van der Waals surface area contributed by atoms with E-state index in [9.17, 15) is 5.11 Å². The molecule has 1 saturated carbocycles. The molecule has 0 aromatic heterocycles. The van der Waals surface area contributed by atoms with E-state index in [1.54, 1.807) is 0 Å². The Labute approximate surface area is 100 Å². The van der Waals surface area contributed by atoms with Gasteiger partial charge in [0.05, 0.1) is 12.7 Å². The van der Waals surface area contributed by atoms with Gasteiger partial charge < -0.3 is 10.2 Å². The van der Waals surface area contributed by atoms with Gasteiger partial charge in [0.15, 0.2) is 0 Å². The minimum absolute atomic E-state index is 0.0887. The van der Waals surface area contributed by atoms with Gasteiger partial charge >= 0.3 is 0 Å². The highest BCUT2D eigenvalue weighted by Gasteiger charge is 2.30. The van der Waals surface area contributed by atoms with Crippen LogP contribution in [0.4, 0.5) is 0 Å². The predicted molar refractivity (Wildman–Crippen MR) is 67.2 cm³/mol. The van der Waals surface area contributed by atoms with Crippen molar-refractivity contribution in [2.24, 2.45) is 23.7 Å². The first-order valence-electron chi connectivity index (χ1n) is 6.83. The average molecular weight is 228 g/mol. The van der Waals surface area contributed by atoms with E-state index in [0.717, 1.165) is 36.5 Å². The molecule has 2 nitrogen and oxygen atoms in total. The van der Waals surface area contributed by atoms with Crippen LogP contribution in [0.5, 0.6) is 0 Å². The van der Waals surface area contributed by atoms with Gasteiger partial charge in [-0.15, -0.1) is 0 Å². The van der Waals surface area contributed by atoms with Gasteiger partial charge in [0.1, 0.15) is 0 Å². The topological polar surface area (TPSA) is 40.5 Å². The molecule has 0 radical (unpaired) electrons. The smallest absolute Gasteiger partial charge is 0.0771 e. The highest BCUT2D eigenvalue weighted by atomic mass is 16.3. The molecule has 0 aliphatic heterocycles. The van der Waals surface area contributed by atoms with E-state index in [1.165, 1.54) is 19.3 Å². The number of aliphatic hydroxyl groups excluding tert-OH is 2. The summed E-state index contributed by atoms with van der Waals surface area (Å²) in [7, 11) is 0. The van der Waals surface area contributed by atoms with Gasteiger partial charge in [-0.1, -0.05) is 27.2 Å². The van der Waals surface area contributed by atoms with E-state index in [0.29, 0.717) is 0 Å². The Morgan fingerprint density at radius 3 is 2.50 bits per heavy atom. The summed E-state index contributed by atoms with van der Waals surface area (Å²) in [5, 5.41) is 18.3. The fraction of sp³-hybridized carbons (Fsp3) is 1.00. The Hall–Kier alpha value is -0.0800. The van der Waals surface area contributed by atoms with Gasteiger partial charge in [0, 0.05) is 0 Å². The molecule has 0 bridgehead atoms. The largest absolute Gasteiger partial charge is 0.394 e. The van der Waals surface area contributed by atoms with Crippen molar-refractivity contribution in [2.75, 3.05) is 6.61 Å². The van der Waals surface area contributed by atoms with E-state index in [-0.39, 0.29) is 6.61 Å². The number of rotatable bonds is 5. The molecular formula is C14H28O2. The van der Waals surface area contributed by atoms with Gasteiger partial charge in [-0.25, -0.2) is 0 Å². The monoisotopic (exact) mass is 228 g/mol. The maximum absolute atomic E-state index is 9.43. The van der Waals surface area contributed by atoms with E-state index >= 15 is 0 Å². The third kappa shape index (κ3) is 4.06. The third-order valence-electron chi connectivity index (χ3n) is 4.24. The van der Waals surface area contributed by atoms with Crippen molar-refractivity contribution in [3.05, 3.63) is 0 Å². The second-order valence-electron chi connectivity index (χ2n) is 6.00. The molecule has 0 saturated heterocycles. The Morgan fingerprint density at radius 2 is 1.94 bits per heavy atom. The second-order valence-corrected chi connectivity index (χ2v) is 6.00. The Balaban J connectivity index is 2.44. The SMILES string of the molecule is CC(C)C1CC[C@@H](C)C[C@H]1CCC(O)CO. The molecule has 1 rings (SSSR count). The Bertz CT molecular complexity index is 191. The van der Waals surface area contributed by atoms with Crippen molar-refractivity contribution >= 4 is 0 Å². The molecule has 96 valence electrons. The lowest BCUT2D eigenvalue weighted by Gasteiger charge is -2.37. The first-order chi connectivity index (χ1) is 7.54. The fourth-order valence-corrected chi connectivity index (χ4v) is 3.23. The average Bonchev–Trinajstić information content (AvgIpc) is 2.25. The highest BCUT2D eigenvalue weighted by Crippen LogP contribution is 2.40. The number of aliphatic hydroxyl groups is 2. The van der Waals surface area contributed by atoms with E-state index in [1.807, 2.05) is 0 Å². The van der Waals surface area contributed by atoms with E-state index < -0.39 is 6.10 Å². The molecule has 4 atom stereocenters. The lowest BCUT2D eigenvalue weighted by Crippen LogP contribution is -2.28. The zero-order valence-electron chi connectivity index (χ0n) is 11.0. The van der Waals surface area contributed by atoms with Crippen LogP contribution in [0.3, 0.4) is 0 Å². The molecule has 0 aromatic rings.